The number of carbonyl (C=O) groups is 1. The van der Waals surface area contributed by atoms with Gasteiger partial charge in [0.25, 0.3) is 0 Å². The quantitative estimate of drug-likeness (QED) is 0.531. The molecule has 0 radical (unpaired) electrons. The molecule has 1 N–H and O–H groups in total. The van der Waals surface area contributed by atoms with Crippen molar-refractivity contribution < 1.29 is 9.53 Å². The highest BCUT2D eigenvalue weighted by Crippen LogP contribution is 2.17. The molecule has 0 heterocycles. The molecule has 20 heavy (non-hydrogen) atoms. The zero-order valence-corrected chi connectivity index (χ0v) is 13.0. The summed E-state index contributed by atoms with van der Waals surface area (Å²) in [6, 6.07) is 5.64. The highest BCUT2D eigenvalue weighted by Gasteiger charge is 2.06. The van der Waals surface area contributed by atoms with E-state index in [1.807, 2.05) is 25.1 Å². The van der Waals surface area contributed by atoms with Crippen LogP contribution in [0.5, 0.6) is 0 Å². The van der Waals surface area contributed by atoms with E-state index in [9.17, 15) is 4.79 Å². The monoisotopic (exact) mass is 277 g/mol. The van der Waals surface area contributed by atoms with Crippen molar-refractivity contribution in [3.8, 4) is 0 Å². The van der Waals surface area contributed by atoms with E-state index in [1.54, 1.807) is 0 Å². The van der Waals surface area contributed by atoms with E-state index in [-0.39, 0.29) is 5.97 Å². The van der Waals surface area contributed by atoms with Crippen LogP contribution in [-0.2, 0) is 4.74 Å². The van der Waals surface area contributed by atoms with Gasteiger partial charge < -0.3 is 10.1 Å². The number of nitrogens with one attached hydrogen (secondary N) is 1. The molecule has 0 spiro atoms. The molecule has 1 rings (SSSR count). The first-order valence-corrected chi connectivity index (χ1v) is 7.62. The summed E-state index contributed by atoms with van der Waals surface area (Å²) in [5.74, 6) is -0.282. The van der Waals surface area contributed by atoms with Gasteiger partial charge in [-0.2, -0.15) is 0 Å². The lowest BCUT2D eigenvalue weighted by atomic mass is 10.1. The molecule has 0 bridgehead atoms. The van der Waals surface area contributed by atoms with Gasteiger partial charge in [0.15, 0.2) is 0 Å². The largest absolute Gasteiger partial charge is 0.465 e. The van der Waals surface area contributed by atoms with Crippen LogP contribution in [0.15, 0.2) is 18.2 Å². The molecule has 1 aromatic rings. The smallest absolute Gasteiger partial charge is 0.337 e. The third kappa shape index (κ3) is 5.64. The Bertz CT molecular complexity index is 415. The molecule has 0 unspecified atom stereocenters. The van der Waals surface area contributed by atoms with Gasteiger partial charge in [-0.25, -0.2) is 4.79 Å². The number of carbonyl (C=O) groups excluding carboxylic acids is 1. The molecule has 3 heteroatoms. The van der Waals surface area contributed by atoms with Crippen molar-refractivity contribution in [1.82, 2.24) is 0 Å². The van der Waals surface area contributed by atoms with Gasteiger partial charge in [0.1, 0.15) is 0 Å². The van der Waals surface area contributed by atoms with E-state index in [2.05, 4.69) is 12.2 Å². The summed E-state index contributed by atoms with van der Waals surface area (Å²) in [5, 5.41) is 3.44. The van der Waals surface area contributed by atoms with E-state index in [4.69, 9.17) is 4.74 Å². The Morgan fingerprint density at radius 1 is 1.15 bits per heavy atom. The van der Waals surface area contributed by atoms with Gasteiger partial charge in [0.2, 0.25) is 0 Å². The van der Waals surface area contributed by atoms with Gasteiger partial charge in [-0.05, 0) is 37.1 Å². The van der Waals surface area contributed by atoms with Gasteiger partial charge in [-0.1, -0.05) is 39.0 Å². The number of ether oxygens (including phenoxy) is 1. The van der Waals surface area contributed by atoms with Gasteiger partial charge >= 0.3 is 5.97 Å². The lowest BCUT2D eigenvalue weighted by Gasteiger charge is -2.10. The number of hydrogen-bond acceptors (Lipinski definition) is 3. The third-order valence-corrected chi connectivity index (χ3v) is 3.49. The van der Waals surface area contributed by atoms with Crippen molar-refractivity contribution in [2.45, 2.75) is 52.4 Å². The number of benzene rings is 1. The molecule has 0 aliphatic rings. The van der Waals surface area contributed by atoms with Crippen LogP contribution in [0, 0.1) is 6.92 Å². The minimum absolute atomic E-state index is 0.282. The number of hydrogen-bond donors (Lipinski definition) is 1. The SMILES string of the molecule is CCCCCCCCNc1ccc(C(=O)OC)cc1C. The number of unbranched alkanes of at least 4 members (excludes halogenated alkanes) is 5. The minimum atomic E-state index is -0.282. The first kappa shape index (κ1) is 16.5. The van der Waals surface area contributed by atoms with Crippen molar-refractivity contribution in [2.24, 2.45) is 0 Å². The maximum absolute atomic E-state index is 11.4. The van der Waals surface area contributed by atoms with Crippen LogP contribution in [0.3, 0.4) is 0 Å². The van der Waals surface area contributed by atoms with Crippen LogP contribution in [0.1, 0.15) is 61.4 Å². The van der Waals surface area contributed by atoms with E-state index < -0.39 is 0 Å². The van der Waals surface area contributed by atoms with Crippen LogP contribution < -0.4 is 5.32 Å². The highest BCUT2D eigenvalue weighted by atomic mass is 16.5. The molecule has 0 aliphatic heterocycles. The van der Waals surface area contributed by atoms with E-state index in [0.717, 1.165) is 17.8 Å². The predicted octanol–water partition coefficient (Wildman–Crippen LogP) is 4.55. The predicted molar refractivity (Wildman–Crippen MR) is 84.4 cm³/mol. The van der Waals surface area contributed by atoms with Crippen molar-refractivity contribution in [2.75, 3.05) is 19.0 Å². The Labute approximate surface area is 122 Å². The second kappa shape index (κ2) is 9.40. The normalized spacial score (nSPS) is 10.3. The van der Waals surface area contributed by atoms with Crippen LogP contribution in [0.4, 0.5) is 5.69 Å². The van der Waals surface area contributed by atoms with Crippen molar-refractivity contribution in [3.63, 3.8) is 0 Å². The van der Waals surface area contributed by atoms with Crippen molar-refractivity contribution in [3.05, 3.63) is 29.3 Å². The van der Waals surface area contributed by atoms with Crippen LogP contribution in [-0.4, -0.2) is 19.6 Å². The number of aryl methyl sites for hydroxylation is 1. The maximum Gasteiger partial charge on any atom is 0.337 e. The van der Waals surface area contributed by atoms with Crippen LogP contribution in [0.25, 0.3) is 0 Å². The second-order valence-corrected chi connectivity index (χ2v) is 5.22. The first-order valence-electron chi connectivity index (χ1n) is 7.62. The second-order valence-electron chi connectivity index (χ2n) is 5.22. The average Bonchev–Trinajstić information content (AvgIpc) is 2.46. The summed E-state index contributed by atoms with van der Waals surface area (Å²) in [6.07, 6.45) is 7.80. The maximum atomic E-state index is 11.4. The first-order chi connectivity index (χ1) is 9.69. The lowest BCUT2D eigenvalue weighted by molar-refractivity contribution is 0.0600. The van der Waals surface area contributed by atoms with E-state index >= 15 is 0 Å². The third-order valence-electron chi connectivity index (χ3n) is 3.49. The minimum Gasteiger partial charge on any atom is -0.465 e. The number of methoxy groups -OCH3 is 1. The average molecular weight is 277 g/mol. The fraction of sp³-hybridized carbons (Fsp3) is 0.588. The Hall–Kier alpha value is -1.51. The standard InChI is InChI=1S/C17H27NO2/c1-4-5-6-7-8-9-12-18-16-11-10-15(13-14(16)2)17(19)20-3/h10-11,13,18H,4-9,12H2,1-3H3. The summed E-state index contributed by atoms with van der Waals surface area (Å²) >= 11 is 0. The number of esters is 1. The molecule has 0 amide bonds. The molecule has 0 saturated carbocycles. The summed E-state index contributed by atoms with van der Waals surface area (Å²) < 4.78 is 4.72. The molecular weight excluding hydrogens is 250 g/mol. The molecule has 0 fully saturated rings. The van der Waals surface area contributed by atoms with Gasteiger partial charge in [0, 0.05) is 12.2 Å². The Balaban J connectivity index is 2.32. The number of anilines is 1. The van der Waals surface area contributed by atoms with Crippen LogP contribution in [0.2, 0.25) is 0 Å². The lowest BCUT2D eigenvalue weighted by Crippen LogP contribution is -2.05. The van der Waals surface area contributed by atoms with Gasteiger partial charge in [-0.3, -0.25) is 0 Å². The summed E-state index contributed by atoms with van der Waals surface area (Å²) in [7, 11) is 1.41. The van der Waals surface area contributed by atoms with Crippen molar-refractivity contribution in [1.29, 1.82) is 0 Å². The topological polar surface area (TPSA) is 38.3 Å². The summed E-state index contributed by atoms with van der Waals surface area (Å²) in [6.45, 7) is 5.24. The summed E-state index contributed by atoms with van der Waals surface area (Å²) in [4.78, 5) is 11.4. The van der Waals surface area contributed by atoms with Gasteiger partial charge in [0.05, 0.1) is 12.7 Å². The van der Waals surface area contributed by atoms with Crippen LogP contribution >= 0.6 is 0 Å². The Morgan fingerprint density at radius 3 is 2.50 bits per heavy atom. The molecular formula is C17H27NO2. The van der Waals surface area contributed by atoms with Gasteiger partial charge in [-0.15, -0.1) is 0 Å². The molecule has 3 nitrogen and oxygen atoms in total. The fourth-order valence-corrected chi connectivity index (χ4v) is 2.24. The summed E-state index contributed by atoms with van der Waals surface area (Å²) in [5.41, 5.74) is 2.79. The number of rotatable bonds is 9. The molecule has 0 aliphatic carbocycles. The Morgan fingerprint density at radius 2 is 1.85 bits per heavy atom. The van der Waals surface area contributed by atoms with E-state index in [0.29, 0.717) is 5.56 Å². The fourth-order valence-electron chi connectivity index (χ4n) is 2.24. The molecule has 112 valence electrons. The molecule has 0 saturated heterocycles. The van der Waals surface area contributed by atoms with E-state index in [1.165, 1.54) is 45.6 Å². The Kier molecular flexibility index (Phi) is 7.78. The molecule has 0 aromatic heterocycles. The molecule has 0 atom stereocenters. The zero-order chi connectivity index (χ0) is 14.8. The zero-order valence-electron chi connectivity index (χ0n) is 13.0. The molecule has 1 aromatic carbocycles. The highest BCUT2D eigenvalue weighted by molar-refractivity contribution is 5.90. The van der Waals surface area contributed by atoms with Crippen molar-refractivity contribution >= 4 is 11.7 Å².